The molecule has 2 heterocycles. The van der Waals surface area contributed by atoms with Gasteiger partial charge in [-0.15, -0.1) is 11.3 Å². The van der Waals surface area contributed by atoms with E-state index >= 15 is 0 Å². The minimum absolute atomic E-state index is 0.154. The van der Waals surface area contributed by atoms with Crippen LogP contribution < -0.4 is 10.1 Å². The predicted octanol–water partition coefficient (Wildman–Crippen LogP) is 4.42. The average molecular weight is 462 g/mol. The second-order valence-corrected chi connectivity index (χ2v) is 8.89. The van der Waals surface area contributed by atoms with Crippen LogP contribution in [0.3, 0.4) is 0 Å². The number of carbonyl (C=O) groups is 2. The van der Waals surface area contributed by atoms with Crippen LogP contribution in [0.1, 0.15) is 20.8 Å². The first-order chi connectivity index (χ1) is 16.0. The van der Waals surface area contributed by atoms with Gasteiger partial charge in [0.2, 0.25) is 5.91 Å². The first-order valence-corrected chi connectivity index (χ1v) is 11.7. The quantitative estimate of drug-likeness (QED) is 0.388. The maximum absolute atomic E-state index is 13.4. The number of rotatable bonds is 9. The molecule has 0 saturated heterocycles. The number of nitrogens with one attached hydrogen (secondary N) is 2. The standard InChI is InChI=1S/C26H27N3O3S/c1-18-8-3-6-11-23(18)32-14-13-29(2)26(31)22(28-25(30)24-12-7-15-33-24)16-19-17-27-21-10-5-4-9-20(19)21/h3-12,15,17,22,27H,13-14,16H2,1-2H3,(H,28,30)/t22-/m0/s1. The number of aromatic amines is 1. The third-order valence-corrected chi connectivity index (χ3v) is 6.47. The summed E-state index contributed by atoms with van der Waals surface area (Å²) in [4.78, 5) is 31.6. The molecule has 4 aromatic rings. The lowest BCUT2D eigenvalue weighted by Gasteiger charge is -2.25. The van der Waals surface area contributed by atoms with E-state index in [2.05, 4.69) is 10.3 Å². The summed E-state index contributed by atoms with van der Waals surface area (Å²) in [5.74, 6) is 0.408. The van der Waals surface area contributed by atoms with Crippen LogP contribution in [0.15, 0.2) is 72.2 Å². The Labute approximate surface area is 197 Å². The van der Waals surface area contributed by atoms with Crippen molar-refractivity contribution in [1.29, 1.82) is 0 Å². The maximum Gasteiger partial charge on any atom is 0.262 e. The second-order valence-electron chi connectivity index (χ2n) is 7.94. The normalized spacial score (nSPS) is 11.8. The first kappa shape index (κ1) is 22.6. The third kappa shape index (κ3) is 5.43. The Morgan fingerprint density at radius 2 is 1.88 bits per heavy atom. The van der Waals surface area contributed by atoms with Crippen molar-refractivity contribution in [3.63, 3.8) is 0 Å². The number of ether oxygens (including phenoxy) is 1. The SMILES string of the molecule is Cc1ccccc1OCCN(C)C(=O)[C@H](Cc1c[nH]c2ccccc12)NC(=O)c1cccs1. The van der Waals surface area contributed by atoms with Gasteiger partial charge in [0.25, 0.3) is 5.91 Å². The smallest absolute Gasteiger partial charge is 0.262 e. The molecule has 7 heteroatoms. The molecule has 0 bridgehead atoms. The number of likely N-dealkylation sites (N-methyl/N-ethyl adjacent to an activating group) is 1. The van der Waals surface area contributed by atoms with Crippen molar-refractivity contribution in [2.75, 3.05) is 20.2 Å². The highest BCUT2D eigenvalue weighted by molar-refractivity contribution is 7.12. The van der Waals surface area contributed by atoms with E-state index in [9.17, 15) is 9.59 Å². The van der Waals surface area contributed by atoms with E-state index in [-0.39, 0.29) is 11.8 Å². The van der Waals surface area contributed by atoms with Crippen molar-refractivity contribution >= 4 is 34.1 Å². The topological polar surface area (TPSA) is 74.4 Å². The summed E-state index contributed by atoms with van der Waals surface area (Å²) >= 11 is 1.35. The summed E-state index contributed by atoms with van der Waals surface area (Å²) < 4.78 is 5.86. The van der Waals surface area contributed by atoms with E-state index in [1.165, 1.54) is 11.3 Å². The van der Waals surface area contributed by atoms with E-state index in [4.69, 9.17) is 4.74 Å². The van der Waals surface area contributed by atoms with Gasteiger partial charge in [0, 0.05) is 30.6 Å². The Morgan fingerprint density at radius 3 is 2.67 bits per heavy atom. The lowest BCUT2D eigenvalue weighted by Crippen LogP contribution is -2.49. The first-order valence-electron chi connectivity index (χ1n) is 10.9. The van der Waals surface area contributed by atoms with Gasteiger partial charge in [-0.2, -0.15) is 0 Å². The number of H-pyrrole nitrogens is 1. The number of benzene rings is 2. The highest BCUT2D eigenvalue weighted by atomic mass is 32.1. The highest BCUT2D eigenvalue weighted by Gasteiger charge is 2.26. The number of thiophene rings is 1. The van der Waals surface area contributed by atoms with Crippen LogP contribution in [0.4, 0.5) is 0 Å². The van der Waals surface area contributed by atoms with Crippen molar-refractivity contribution in [2.45, 2.75) is 19.4 Å². The fraction of sp³-hybridized carbons (Fsp3) is 0.231. The summed E-state index contributed by atoms with van der Waals surface area (Å²) in [6.45, 7) is 2.76. The number of para-hydroxylation sites is 2. The number of aromatic nitrogens is 1. The van der Waals surface area contributed by atoms with Crippen LogP contribution in [-0.2, 0) is 11.2 Å². The molecule has 1 atom stereocenters. The minimum Gasteiger partial charge on any atom is -0.491 e. The predicted molar refractivity (Wildman–Crippen MR) is 132 cm³/mol. The third-order valence-electron chi connectivity index (χ3n) is 5.60. The molecule has 2 N–H and O–H groups in total. The molecule has 6 nitrogen and oxygen atoms in total. The minimum atomic E-state index is -0.692. The molecule has 2 aromatic heterocycles. The Hall–Kier alpha value is -3.58. The Balaban J connectivity index is 1.47. The van der Waals surface area contributed by atoms with Gasteiger partial charge in [-0.3, -0.25) is 9.59 Å². The second kappa shape index (κ2) is 10.4. The summed E-state index contributed by atoms with van der Waals surface area (Å²) in [7, 11) is 1.74. The zero-order valence-electron chi connectivity index (χ0n) is 18.7. The van der Waals surface area contributed by atoms with Crippen molar-refractivity contribution in [2.24, 2.45) is 0 Å². The van der Waals surface area contributed by atoms with Crippen molar-refractivity contribution in [1.82, 2.24) is 15.2 Å². The average Bonchev–Trinajstić information content (AvgIpc) is 3.50. The molecule has 33 heavy (non-hydrogen) atoms. The van der Waals surface area contributed by atoms with Crippen LogP contribution in [0.5, 0.6) is 5.75 Å². The van der Waals surface area contributed by atoms with Gasteiger partial charge >= 0.3 is 0 Å². The number of hydrogen-bond acceptors (Lipinski definition) is 4. The zero-order valence-corrected chi connectivity index (χ0v) is 19.5. The lowest BCUT2D eigenvalue weighted by atomic mass is 10.0. The number of carbonyl (C=O) groups excluding carboxylic acids is 2. The molecule has 0 unspecified atom stereocenters. The summed E-state index contributed by atoms with van der Waals surface area (Å²) in [6.07, 6.45) is 2.30. The van der Waals surface area contributed by atoms with E-state index in [0.717, 1.165) is 27.8 Å². The van der Waals surface area contributed by atoms with Crippen LogP contribution in [0, 0.1) is 6.92 Å². The molecule has 0 saturated carbocycles. The maximum atomic E-state index is 13.4. The molecular formula is C26H27N3O3S. The highest BCUT2D eigenvalue weighted by Crippen LogP contribution is 2.20. The van der Waals surface area contributed by atoms with Crippen molar-refractivity contribution in [3.8, 4) is 5.75 Å². The molecule has 4 rings (SSSR count). The van der Waals surface area contributed by atoms with Gasteiger partial charge in [-0.05, 0) is 41.6 Å². The Morgan fingerprint density at radius 1 is 1.09 bits per heavy atom. The molecule has 2 aromatic carbocycles. The zero-order chi connectivity index (χ0) is 23.2. The molecule has 170 valence electrons. The Bertz CT molecular complexity index is 1230. The molecule has 0 aliphatic rings. The molecule has 0 aliphatic carbocycles. The number of aryl methyl sites for hydroxylation is 1. The van der Waals surface area contributed by atoms with Crippen LogP contribution in [0.25, 0.3) is 10.9 Å². The van der Waals surface area contributed by atoms with E-state index < -0.39 is 6.04 Å². The number of fused-ring (bicyclic) bond motifs is 1. The number of hydrogen-bond donors (Lipinski definition) is 2. The molecule has 2 amide bonds. The van der Waals surface area contributed by atoms with Gasteiger partial charge in [-0.25, -0.2) is 0 Å². The molecule has 0 spiro atoms. The van der Waals surface area contributed by atoms with Crippen LogP contribution in [-0.4, -0.2) is 47.9 Å². The molecule has 0 aliphatic heterocycles. The molecular weight excluding hydrogens is 434 g/mol. The number of nitrogens with zero attached hydrogens (tertiary/aromatic N) is 1. The van der Waals surface area contributed by atoms with Gasteiger partial charge < -0.3 is 19.9 Å². The van der Waals surface area contributed by atoms with Crippen LogP contribution >= 0.6 is 11.3 Å². The van der Waals surface area contributed by atoms with E-state index in [1.807, 2.05) is 73.1 Å². The Kier molecular flexibility index (Phi) is 7.10. The molecule has 0 radical (unpaired) electrons. The monoisotopic (exact) mass is 461 g/mol. The largest absolute Gasteiger partial charge is 0.491 e. The number of amides is 2. The van der Waals surface area contributed by atoms with E-state index in [1.54, 1.807) is 18.0 Å². The lowest BCUT2D eigenvalue weighted by molar-refractivity contribution is -0.132. The summed E-state index contributed by atoms with van der Waals surface area (Å²) in [6, 6.07) is 18.6. The van der Waals surface area contributed by atoms with Crippen molar-refractivity contribution < 1.29 is 14.3 Å². The van der Waals surface area contributed by atoms with Crippen LogP contribution in [0.2, 0.25) is 0 Å². The van der Waals surface area contributed by atoms with Crippen molar-refractivity contribution in [3.05, 3.63) is 88.2 Å². The summed E-state index contributed by atoms with van der Waals surface area (Å²) in [5.41, 5.74) is 3.04. The van der Waals surface area contributed by atoms with Gasteiger partial charge in [-0.1, -0.05) is 42.5 Å². The molecule has 0 fully saturated rings. The fourth-order valence-corrected chi connectivity index (χ4v) is 4.37. The van der Waals surface area contributed by atoms with Gasteiger partial charge in [0.1, 0.15) is 18.4 Å². The van der Waals surface area contributed by atoms with E-state index in [0.29, 0.717) is 24.4 Å². The van der Waals surface area contributed by atoms with Gasteiger partial charge in [0.05, 0.1) is 11.4 Å². The summed E-state index contributed by atoms with van der Waals surface area (Å²) in [5, 5.41) is 5.84. The fourth-order valence-electron chi connectivity index (χ4n) is 3.74. The van der Waals surface area contributed by atoms with Gasteiger partial charge in [0.15, 0.2) is 0 Å².